The van der Waals surface area contributed by atoms with Crippen LogP contribution in [0, 0.1) is 6.92 Å². The van der Waals surface area contributed by atoms with Crippen LogP contribution in [0.15, 0.2) is 24.3 Å². The molecule has 1 aromatic carbocycles. The number of nitrogens with one attached hydrogen (secondary N) is 2. The molecule has 1 unspecified atom stereocenters. The molecule has 0 aliphatic carbocycles. The average Bonchev–Trinajstić information content (AvgIpc) is 2.87. The third kappa shape index (κ3) is 5.52. The van der Waals surface area contributed by atoms with Crippen LogP contribution in [-0.2, 0) is 16.1 Å². The van der Waals surface area contributed by atoms with Crippen molar-refractivity contribution >= 4 is 24.2 Å². The SMILES string of the molecule is CNCCCNC(=O)C1CCC(=O)N1Cc1ccc(C)cc1.Cl. The van der Waals surface area contributed by atoms with Crippen LogP contribution in [0.4, 0.5) is 0 Å². The first-order chi connectivity index (χ1) is 10.6. The van der Waals surface area contributed by atoms with Crippen LogP contribution in [0.2, 0.25) is 0 Å². The molecule has 5 nitrogen and oxygen atoms in total. The van der Waals surface area contributed by atoms with E-state index in [1.54, 1.807) is 4.90 Å². The molecule has 23 heavy (non-hydrogen) atoms. The molecule has 1 aromatic rings. The van der Waals surface area contributed by atoms with Crippen LogP contribution in [0.3, 0.4) is 0 Å². The Bertz CT molecular complexity index is 519. The number of halogens is 1. The van der Waals surface area contributed by atoms with Gasteiger partial charge in [0.25, 0.3) is 0 Å². The number of benzene rings is 1. The van der Waals surface area contributed by atoms with E-state index in [-0.39, 0.29) is 30.3 Å². The Morgan fingerprint density at radius 3 is 2.61 bits per heavy atom. The lowest BCUT2D eigenvalue weighted by Crippen LogP contribution is -2.44. The van der Waals surface area contributed by atoms with E-state index in [2.05, 4.69) is 10.6 Å². The van der Waals surface area contributed by atoms with Gasteiger partial charge in [-0.25, -0.2) is 0 Å². The number of hydrogen-bond acceptors (Lipinski definition) is 3. The highest BCUT2D eigenvalue weighted by atomic mass is 35.5. The molecule has 0 bridgehead atoms. The molecular formula is C17H26ClN3O2. The molecule has 1 heterocycles. The molecule has 1 saturated heterocycles. The van der Waals surface area contributed by atoms with Crippen molar-refractivity contribution in [2.45, 2.75) is 38.8 Å². The summed E-state index contributed by atoms with van der Waals surface area (Å²) in [4.78, 5) is 26.1. The van der Waals surface area contributed by atoms with E-state index in [9.17, 15) is 9.59 Å². The summed E-state index contributed by atoms with van der Waals surface area (Å²) in [7, 11) is 1.89. The van der Waals surface area contributed by atoms with Gasteiger partial charge in [-0.15, -0.1) is 12.4 Å². The first-order valence-corrected chi connectivity index (χ1v) is 7.89. The van der Waals surface area contributed by atoms with E-state index >= 15 is 0 Å². The van der Waals surface area contributed by atoms with Gasteiger partial charge in [0.2, 0.25) is 11.8 Å². The number of nitrogens with zero attached hydrogens (tertiary/aromatic N) is 1. The van der Waals surface area contributed by atoms with Gasteiger partial charge in [0.05, 0.1) is 0 Å². The molecule has 0 radical (unpaired) electrons. The number of hydrogen-bond donors (Lipinski definition) is 2. The van der Waals surface area contributed by atoms with Crippen molar-refractivity contribution in [2.24, 2.45) is 0 Å². The molecule has 6 heteroatoms. The van der Waals surface area contributed by atoms with Crippen LogP contribution < -0.4 is 10.6 Å². The fraction of sp³-hybridized carbons (Fsp3) is 0.529. The number of rotatable bonds is 7. The molecule has 1 atom stereocenters. The van der Waals surface area contributed by atoms with E-state index < -0.39 is 0 Å². The predicted molar refractivity (Wildman–Crippen MR) is 93.6 cm³/mol. The lowest BCUT2D eigenvalue weighted by Gasteiger charge is -2.24. The lowest BCUT2D eigenvalue weighted by molar-refractivity contribution is -0.135. The molecule has 1 fully saturated rings. The van der Waals surface area contributed by atoms with Crippen LogP contribution in [0.1, 0.15) is 30.4 Å². The van der Waals surface area contributed by atoms with Gasteiger partial charge in [0, 0.05) is 19.5 Å². The highest BCUT2D eigenvalue weighted by molar-refractivity contribution is 5.90. The molecule has 0 aromatic heterocycles. The number of carbonyl (C=O) groups excluding carboxylic acids is 2. The Kier molecular flexibility index (Phi) is 8.06. The Labute approximate surface area is 144 Å². The Morgan fingerprint density at radius 2 is 1.96 bits per heavy atom. The van der Waals surface area contributed by atoms with Crippen molar-refractivity contribution in [3.63, 3.8) is 0 Å². The topological polar surface area (TPSA) is 61.4 Å². The van der Waals surface area contributed by atoms with E-state index in [0.29, 0.717) is 25.9 Å². The summed E-state index contributed by atoms with van der Waals surface area (Å²) < 4.78 is 0. The quantitative estimate of drug-likeness (QED) is 0.742. The van der Waals surface area contributed by atoms with Crippen LogP contribution in [0.5, 0.6) is 0 Å². The second kappa shape index (κ2) is 9.53. The largest absolute Gasteiger partial charge is 0.354 e. The standard InChI is InChI=1S/C17H25N3O2.ClH/c1-13-4-6-14(7-5-13)12-20-15(8-9-16(20)21)17(22)19-11-3-10-18-2;/h4-7,15,18H,3,8-12H2,1-2H3,(H,19,22);1H. The second-order valence-corrected chi connectivity index (χ2v) is 5.81. The highest BCUT2D eigenvalue weighted by Gasteiger charge is 2.35. The Hall–Kier alpha value is -1.59. The monoisotopic (exact) mass is 339 g/mol. The molecular weight excluding hydrogens is 314 g/mol. The summed E-state index contributed by atoms with van der Waals surface area (Å²) in [6, 6.07) is 7.76. The van der Waals surface area contributed by atoms with Crippen LogP contribution >= 0.6 is 12.4 Å². The van der Waals surface area contributed by atoms with Gasteiger partial charge in [-0.05, 0) is 38.9 Å². The lowest BCUT2D eigenvalue weighted by atomic mass is 10.1. The molecule has 2 amide bonds. The molecule has 128 valence electrons. The van der Waals surface area contributed by atoms with Gasteiger partial charge in [-0.3, -0.25) is 9.59 Å². The molecule has 2 rings (SSSR count). The molecule has 2 N–H and O–H groups in total. The zero-order chi connectivity index (χ0) is 15.9. The summed E-state index contributed by atoms with van der Waals surface area (Å²) in [5.74, 6) is 0.0324. The van der Waals surface area contributed by atoms with Crippen molar-refractivity contribution in [1.29, 1.82) is 0 Å². The Morgan fingerprint density at radius 1 is 1.26 bits per heavy atom. The summed E-state index contributed by atoms with van der Waals surface area (Å²) >= 11 is 0. The van der Waals surface area contributed by atoms with Crippen molar-refractivity contribution in [3.05, 3.63) is 35.4 Å². The first kappa shape index (κ1) is 19.5. The smallest absolute Gasteiger partial charge is 0.242 e. The maximum absolute atomic E-state index is 12.3. The van der Waals surface area contributed by atoms with Crippen molar-refractivity contribution in [1.82, 2.24) is 15.5 Å². The number of likely N-dealkylation sites (tertiary alicyclic amines) is 1. The molecule has 1 aliphatic heterocycles. The van der Waals surface area contributed by atoms with E-state index in [1.807, 2.05) is 38.2 Å². The second-order valence-electron chi connectivity index (χ2n) is 5.81. The van der Waals surface area contributed by atoms with E-state index in [1.165, 1.54) is 5.56 Å². The van der Waals surface area contributed by atoms with Gasteiger partial charge in [0.15, 0.2) is 0 Å². The fourth-order valence-corrected chi connectivity index (χ4v) is 2.69. The van der Waals surface area contributed by atoms with E-state index in [0.717, 1.165) is 18.5 Å². The predicted octanol–water partition coefficient (Wildman–Crippen LogP) is 1.63. The minimum atomic E-state index is -0.330. The first-order valence-electron chi connectivity index (χ1n) is 7.89. The van der Waals surface area contributed by atoms with Crippen molar-refractivity contribution in [3.8, 4) is 0 Å². The summed E-state index contributed by atoms with van der Waals surface area (Å²) in [6.45, 7) is 4.06. The van der Waals surface area contributed by atoms with Crippen molar-refractivity contribution in [2.75, 3.05) is 20.1 Å². The van der Waals surface area contributed by atoms with Crippen LogP contribution in [0.25, 0.3) is 0 Å². The average molecular weight is 340 g/mol. The fourth-order valence-electron chi connectivity index (χ4n) is 2.69. The third-order valence-corrected chi connectivity index (χ3v) is 4.01. The molecule has 1 aliphatic rings. The third-order valence-electron chi connectivity index (χ3n) is 4.01. The highest BCUT2D eigenvalue weighted by Crippen LogP contribution is 2.21. The van der Waals surface area contributed by atoms with E-state index in [4.69, 9.17) is 0 Å². The minimum absolute atomic E-state index is 0. The van der Waals surface area contributed by atoms with Gasteiger partial charge < -0.3 is 15.5 Å². The summed E-state index contributed by atoms with van der Waals surface area (Å²) in [6.07, 6.45) is 1.96. The van der Waals surface area contributed by atoms with Crippen LogP contribution in [-0.4, -0.2) is 42.9 Å². The summed E-state index contributed by atoms with van der Waals surface area (Å²) in [5.41, 5.74) is 2.25. The number of carbonyl (C=O) groups is 2. The molecule has 0 saturated carbocycles. The Balaban J connectivity index is 0.00000264. The normalized spacial score (nSPS) is 17.0. The van der Waals surface area contributed by atoms with Gasteiger partial charge in [-0.1, -0.05) is 29.8 Å². The minimum Gasteiger partial charge on any atom is -0.354 e. The maximum Gasteiger partial charge on any atom is 0.242 e. The van der Waals surface area contributed by atoms with Crippen molar-refractivity contribution < 1.29 is 9.59 Å². The maximum atomic E-state index is 12.3. The zero-order valence-corrected chi connectivity index (χ0v) is 14.6. The summed E-state index contributed by atoms with van der Waals surface area (Å²) in [5, 5.41) is 5.98. The number of aryl methyl sites for hydroxylation is 1. The molecule has 0 spiro atoms. The van der Waals surface area contributed by atoms with Gasteiger partial charge in [0.1, 0.15) is 6.04 Å². The number of amides is 2. The zero-order valence-electron chi connectivity index (χ0n) is 13.8. The van der Waals surface area contributed by atoms with Gasteiger partial charge >= 0.3 is 0 Å². The van der Waals surface area contributed by atoms with Gasteiger partial charge in [-0.2, -0.15) is 0 Å².